The van der Waals surface area contributed by atoms with Crippen LogP contribution in [-0.4, -0.2) is 35.5 Å². The van der Waals surface area contributed by atoms with Crippen molar-refractivity contribution in [1.82, 2.24) is 4.98 Å². The zero-order chi connectivity index (χ0) is 25.4. The number of nitrogens with zero attached hydrogens (tertiary/aromatic N) is 2. The first-order valence-corrected chi connectivity index (χ1v) is 12.0. The maximum absolute atomic E-state index is 13.7. The molecular weight excluding hydrogens is 483 g/mol. The van der Waals surface area contributed by atoms with Crippen LogP contribution in [0, 0.1) is 5.82 Å². The third-order valence-electron chi connectivity index (χ3n) is 5.86. The van der Waals surface area contributed by atoms with Crippen LogP contribution in [0.1, 0.15) is 24.1 Å². The Morgan fingerprint density at radius 1 is 1.06 bits per heavy atom. The van der Waals surface area contributed by atoms with Gasteiger partial charge >= 0.3 is 5.91 Å². The Bertz CT molecular complexity index is 1500. The molecule has 2 heterocycles. The molecule has 36 heavy (non-hydrogen) atoms. The Labute approximate surface area is 210 Å². The molecule has 4 aromatic rings. The summed E-state index contributed by atoms with van der Waals surface area (Å²) in [4.78, 5) is 32.5. The second-order valence-corrected chi connectivity index (χ2v) is 9.02. The summed E-state index contributed by atoms with van der Waals surface area (Å²) >= 11 is 1.22. The molecule has 1 aromatic heterocycles. The average Bonchev–Trinajstić information content (AvgIpc) is 3.42. The predicted molar refractivity (Wildman–Crippen MR) is 135 cm³/mol. The van der Waals surface area contributed by atoms with Crippen molar-refractivity contribution in [3.05, 3.63) is 89.2 Å². The molecule has 1 aliphatic heterocycles. The summed E-state index contributed by atoms with van der Waals surface area (Å²) in [5.41, 5.74) is 1.32. The lowest BCUT2D eigenvalue weighted by Crippen LogP contribution is -2.29. The number of hydrogen-bond acceptors (Lipinski definition) is 7. The molecule has 0 bridgehead atoms. The number of ether oxygens (including phenoxy) is 2. The minimum Gasteiger partial charge on any atom is -0.507 e. The lowest BCUT2D eigenvalue weighted by atomic mass is 9.95. The van der Waals surface area contributed by atoms with Crippen LogP contribution in [0.3, 0.4) is 0 Å². The maximum atomic E-state index is 13.7. The highest BCUT2D eigenvalue weighted by molar-refractivity contribution is 7.22. The Morgan fingerprint density at radius 2 is 1.75 bits per heavy atom. The van der Waals surface area contributed by atoms with Crippen molar-refractivity contribution >= 4 is 44.1 Å². The molecule has 7 nitrogen and oxygen atoms in total. The van der Waals surface area contributed by atoms with E-state index in [0.717, 1.165) is 4.70 Å². The summed E-state index contributed by atoms with van der Waals surface area (Å²) in [6.07, 6.45) is 0. The Kier molecular flexibility index (Phi) is 6.15. The van der Waals surface area contributed by atoms with Gasteiger partial charge in [0.05, 0.1) is 35.5 Å². The normalized spacial score (nSPS) is 17.1. The van der Waals surface area contributed by atoms with Crippen LogP contribution in [0.2, 0.25) is 0 Å². The SMILES string of the molecule is CCOc1ccc2nc(N3C(=O)C(=O)C(=C(O)c4ccc(OC)cc4)C3c3ccc(F)cc3)sc2c1. The smallest absolute Gasteiger partial charge is 0.301 e. The second kappa shape index (κ2) is 9.43. The molecule has 0 aliphatic carbocycles. The summed E-state index contributed by atoms with van der Waals surface area (Å²) in [5.74, 6) is -1.25. The summed E-state index contributed by atoms with van der Waals surface area (Å²) in [6.45, 7) is 2.38. The molecule has 0 radical (unpaired) electrons. The average molecular weight is 505 g/mol. The van der Waals surface area contributed by atoms with Gasteiger partial charge in [-0.1, -0.05) is 23.5 Å². The van der Waals surface area contributed by atoms with Crippen LogP contribution < -0.4 is 14.4 Å². The fraction of sp³-hybridized carbons (Fsp3) is 0.148. The quantitative estimate of drug-likeness (QED) is 0.213. The van der Waals surface area contributed by atoms with Gasteiger partial charge in [-0.05, 0) is 67.1 Å². The first-order chi connectivity index (χ1) is 17.4. The molecule has 3 aromatic carbocycles. The standard InChI is InChI=1S/C27H21FN2O5S/c1-3-35-19-12-13-20-21(14-19)36-27(29-20)30-23(15-4-8-17(28)9-5-15)22(25(32)26(30)33)24(31)16-6-10-18(34-2)11-7-16/h4-14,23,31H,3H2,1-2H3. The number of carbonyl (C=O) groups excluding carboxylic acids is 2. The number of methoxy groups -OCH3 is 1. The third kappa shape index (κ3) is 4.07. The monoisotopic (exact) mass is 504 g/mol. The largest absolute Gasteiger partial charge is 0.507 e. The van der Waals surface area contributed by atoms with Crippen molar-refractivity contribution in [3.8, 4) is 11.5 Å². The number of halogens is 1. The van der Waals surface area contributed by atoms with Gasteiger partial charge in [0.2, 0.25) is 0 Å². The van der Waals surface area contributed by atoms with E-state index in [1.54, 1.807) is 36.4 Å². The van der Waals surface area contributed by atoms with Crippen LogP contribution in [0.25, 0.3) is 16.0 Å². The van der Waals surface area contributed by atoms with Crippen LogP contribution in [0.4, 0.5) is 9.52 Å². The van der Waals surface area contributed by atoms with Gasteiger partial charge in [0.15, 0.2) is 5.13 Å². The number of carbonyl (C=O) groups is 2. The lowest BCUT2D eigenvalue weighted by Gasteiger charge is -2.23. The Hall–Kier alpha value is -4.24. The number of hydrogen-bond donors (Lipinski definition) is 1. The topological polar surface area (TPSA) is 89.0 Å². The molecule has 0 spiro atoms. The summed E-state index contributed by atoms with van der Waals surface area (Å²) < 4.78 is 25.2. The molecule has 1 amide bonds. The number of benzene rings is 3. The summed E-state index contributed by atoms with van der Waals surface area (Å²) in [7, 11) is 1.52. The van der Waals surface area contributed by atoms with Crippen LogP contribution >= 0.6 is 11.3 Å². The fourth-order valence-electron chi connectivity index (χ4n) is 4.15. The molecule has 1 atom stereocenters. The van der Waals surface area contributed by atoms with Gasteiger partial charge in [-0.2, -0.15) is 0 Å². The molecule has 0 saturated carbocycles. The molecule has 1 unspecified atom stereocenters. The number of aliphatic hydroxyl groups is 1. The number of anilines is 1. The number of amides is 1. The van der Waals surface area contributed by atoms with Crippen molar-refractivity contribution in [2.45, 2.75) is 13.0 Å². The summed E-state index contributed by atoms with van der Waals surface area (Å²) in [6, 6.07) is 16.3. The summed E-state index contributed by atoms with van der Waals surface area (Å²) in [5, 5.41) is 11.5. The van der Waals surface area contributed by atoms with Gasteiger partial charge in [0.1, 0.15) is 23.1 Å². The van der Waals surface area contributed by atoms with Gasteiger partial charge < -0.3 is 14.6 Å². The van der Waals surface area contributed by atoms with Crippen LogP contribution in [-0.2, 0) is 9.59 Å². The first-order valence-electron chi connectivity index (χ1n) is 11.2. The number of ketones is 1. The van der Waals surface area contributed by atoms with E-state index in [2.05, 4.69) is 4.98 Å². The number of rotatable bonds is 6. The molecule has 1 aliphatic rings. The molecule has 1 N–H and O–H groups in total. The zero-order valence-corrected chi connectivity index (χ0v) is 20.2. The van der Waals surface area contributed by atoms with Gasteiger partial charge in [-0.25, -0.2) is 9.37 Å². The minimum absolute atomic E-state index is 0.106. The van der Waals surface area contributed by atoms with E-state index in [0.29, 0.717) is 34.7 Å². The molecule has 1 fully saturated rings. The van der Waals surface area contributed by atoms with Gasteiger partial charge in [0.25, 0.3) is 5.78 Å². The number of aromatic nitrogens is 1. The van der Waals surface area contributed by atoms with E-state index in [4.69, 9.17) is 9.47 Å². The van der Waals surface area contributed by atoms with Gasteiger partial charge in [0, 0.05) is 5.56 Å². The molecule has 1 saturated heterocycles. The number of Topliss-reactive ketones (excluding diaryl/α,β-unsaturated/α-hetero) is 1. The van der Waals surface area contributed by atoms with Gasteiger partial charge in [-0.15, -0.1) is 0 Å². The fourth-order valence-corrected chi connectivity index (χ4v) is 5.17. The van der Waals surface area contributed by atoms with Crippen molar-refractivity contribution < 1.29 is 28.6 Å². The lowest BCUT2D eigenvalue weighted by molar-refractivity contribution is -0.132. The van der Waals surface area contributed by atoms with E-state index in [1.807, 2.05) is 13.0 Å². The van der Waals surface area contributed by atoms with E-state index < -0.39 is 23.5 Å². The van der Waals surface area contributed by atoms with E-state index in [1.165, 1.54) is 47.6 Å². The maximum Gasteiger partial charge on any atom is 0.301 e. The highest BCUT2D eigenvalue weighted by Gasteiger charge is 2.48. The highest BCUT2D eigenvalue weighted by atomic mass is 32.1. The van der Waals surface area contributed by atoms with E-state index in [9.17, 15) is 19.1 Å². The van der Waals surface area contributed by atoms with E-state index >= 15 is 0 Å². The van der Waals surface area contributed by atoms with Crippen LogP contribution in [0.15, 0.2) is 72.3 Å². The van der Waals surface area contributed by atoms with Crippen molar-refractivity contribution in [3.63, 3.8) is 0 Å². The first kappa shape index (κ1) is 23.5. The van der Waals surface area contributed by atoms with Crippen LogP contribution in [0.5, 0.6) is 11.5 Å². The van der Waals surface area contributed by atoms with Crippen molar-refractivity contribution in [2.24, 2.45) is 0 Å². The van der Waals surface area contributed by atoms with Crippen molar-refractivity contribution in [2.75, 3.05) is 18.6 Å². The molecule has 9 heteroatoms. The molecular formula is C27H21FN2O5S. The number of fused-ring (bicyclic) bond motifs is 1. The molecule has 182 valence electrons. The van der Waals surface area contributed by atoms with E-state index in [-0.39, 0.29) is 16.5 Å². The Morgan fingerprint density at radius 3 is 2.42 bits per heavy atom. The Balaban J connectivity index is 1.67. The van der Waals surface area contributed by atoms with Gasteiger partial charge in [-0.3, -0.25) is 14.5 Å². The second-order valence-electron chi connectivity index (χ2n) is 8.01. The third-order valence-corrected chi connectivity index (χ3v) is 6.88. The number of thiazole rings is 1. The highest BCUT2D eigenvalue weighted by Crippen LogP contribution is 2.44. The minimum atomic E-state index is -1.00. The number of aliphatic hydroxyl groups excluding tert-OH is 1. The molecule has 5 rings (SSSR count). The zero-order valence-electron chi connectivity index (χ0n) is 19.4. The predicted octanol–water partition coefficient (Wildman–Crippen LogP) is 5.47. The van der Waals surface area contributed by atoms with Crippen molar-refractivity contribution in [1.29, 1.82) is 0 Å².